The third-order valence-electron chi connectivity index (χ3n) is 7.97. The van der Waals surface area contributed by atoms with E-state index in [0.717, 1.165) is 34.7 Å². The zero-order chi connectivity index (χ0) is 32.6. The Bertz CT molecular complexity index is 1580. The maximum Gasteiger partial charge on any atom is 0.527 e. The summed E-state index contributed by atoms with van der Waals surface area (Å²) >= 11 is 0. The van der Waals surface area contributed by atoms with Crippen LogP contribution in [0.5, 0.6) is 5.75 Å². The van der Waals surface area contributed by atoms with Gasteiger partial charge in [-0.1, -0.05) is 80.4 Å². The van der Waals surface area contributed by atoms with Crippen molar-refractivity contribution in [3.05, 3.63) is 113 Å². The highest BCUT2D eigenvalue weighted by Crippen LogP contribution is 2.42. The van der Waals surface area contributed by atoms with Crippen LogP contribution in [0.2, 0.25) is 0 Å². The fraction of sp³-hybridized carbons (Fsp3) is 0.294. The van der Waals surface area contributed by atoms with Crippen LogP contribution in [0.15, 0.2) is 84.9 Å². The summed E-state index contributed by atoms with van der Waals surface area (Å²) in [6.45, 7) is 2.29. The number of ether oxygens (including phenoxy) is 2. The molecule has 0 aromatic heterocycles. The first-order valence-electron chi connectivity index (χ1n) is 14.1. The van der Waals surface area contributed by atoms with E-state index in [9.17, 15) is 39.5 Å². The van der Waals surface area contributed by atoms with E-state index in [-0.39, 0.29) is 12.1 Å². The van der Waals surface area contributed by atoms with E-state index >= 15 is 0 Å². The molecule has 0 atom stereocenters. The number of rotatable bonds is 8. The van der Waals surface area contributed by atoms with E-state index < -0.39 is 47.1 Å². The molecule has 1 aliphatic carbocycles. The van der Waals surface area contributed by atoms with Crippen molar-refractivity contribution in [2.24, 2.45) is 5.92 Å². The number of hydrogen-bond acceptors (Lipinski definition) is 2. The van der Waals surface area contributed by atoms with Gasteiger partial charge in [-0.25, -0.2) is 13.5 Å². The summed E-state index contributed by atoms with van der Waals surface area (Å²) in [4.78, 5) is 0. The number of benzene rings is 4. The Labute approximate surface area is 253 Å². The Morgan fingerprint density at radius 2 is 1.00 bits per heavy atom. The molecule has 0 radical (unpaired) electrons. The van der Waals surface area contributed by atoms with Crippen LogP contribution >= 0.6 is 0 Å². The van der Waals surface area contributed by atoms with Gasteiger partial charge in [-0.05, 0) is 64.6 Å². The first kappa shape index (κ1) is 32.4. The minimum absolute atomic E-state index is 0.0835. The summed E-state index contributed by atoms with van der Waals surface area (Å²) in [6, 6.07) is 20.6. The average molecular weight is 639 g/mol. The van der Waals surface area contributed by atoms with Gasteiger partial charge in [0, 0.05) is 12.1 Å². The number of halogens is 9. The molecule has 1 aliphatic rings. The zero-order valence-electron chi connectivity index (χ0n) is 23.8. The molecule has 2 nitrogen and oxygen atoms in total. The van der Waals surface area contributed by atoms with Gasteiger partial charge >= 0.3 is 18.6 Å². The Hall–Kier alpha value is -3.99. The number of alkyl halides is 7. The van der Waals surface area contributed by atoms with Crippen LogP contribution < -0.4 is 4.74 Å². The summed E-state index contributed by atoms with van der Waals surface area (Å²) in [6.07, 6.45) is -10.7. The largest absolute Gasteiger partial charge is 0.527 e. The van der Waals surface area contributed by atoms with Gasteiger partial charge < -0.3 is 4.74 Å². The molecule has 1 saturated carbocycles. The molecule has 4 aromatic carbocycles. The molecule has 0 aliphatic heterocycles. The quantitative estimate of drug-likeness (QED) is 0.179. The maximum absolute atomic E-state index is 14.8. The maximum atomic E-state index is 14.8. The SMILES string of the molecule is CC1CCC(c2ccc(-c3ccc(-c4ccc(C(F)(F)Oc5cc(F)c(C(F)(F)OC(F)(F)F)c(F)c5)cc4)cc3)cc2)CC1. The van der Waals surface area contributed by atoms with Crippen molar-refractivity contribution in [3.8, 4) is 28.0 Å². The molecule has 0 unspecified atom stereocenters. The normalized spacial score (nSPS) is 17.7. The minimum atomic E-state index is -5.93. The van der Waals surface area contributed by atoms with E-state index in [4.69, 9.17) is 0 Å². The molecule has 0 saturated heterocycles. The molecule has 238 valence electrons. The monoisotopic (exact) mass is 638 g/mol. The summed E-state index contributed by atoms with van der Waals surface area (Å²) in [5.41, 5.74) is 1.53. The fourth-order valence-corrected chi connectivity index (χ4v) is 5.54. The lowest BCUT2D eigenvalue weighted by Gasteiger charge is -2.26. The molecule has 0 bridgehead atoms. The summed E-state index contributed by atoms with van der Waals surface area (Å²) < 4.78 is 129. The van der Waals surface area contributed by atoms with Crippen LogP contribution in [0.25, 0.3) is 22.3 Å². The van der Waals surface area contributed by atoms with Crippen LogP contribution in [-0.2, 0) is 17.0 Å². The van der Waals surface area contributed by atoms with E-state index in [1.165, 1.54) is 43.4 Å². The summed E-state index contributed by atoms with van der Waals surface area (Å²) in [5.74, 6) is -4.42. The van der Waals surface area contributed by atoms with Gasteiger partial charge in [-0.15, -0.1) is 13.2 Å². The van der Waals surface area contributed by atoms with Gasteiger partial charge in [-0.3, -0.25) is 0 Å². The van der Waals surface area contributed by atoms with Crippen molar-refractivity contribution in [2.75, 3.05) is 0 Å². The third kappa shape index (κ3) is 7.64. The Balaban J connectivity index is 1.26. The van der Waals surface area contributed by atoms with E-state index in [1.807, 2.05) is 24.3 Å². The van der Waals surface area contributed by atoms with Gasteiger partial charge in [0.25, 0.3) is 0 Å². The molecule has 0 heterocycles. The lowest BCUT2D eigenvalue weighted by molar-refractivity contribution is -0.432. The van der Waals surface area contributed by atoms with Crippen LogP contribution in [0, 0.1) is 17.6 Å². The second-order valence-corrected chi connectivity index (χ2v) is 11.2. The van der Waals surface area contributed by atoms with Crippen molar-refractivity contribution in [1.29, 1.82) is 0 Å². The molecular weight excluding hydrogens is 611 g/mol. The predicted molar refractivity (Wildman–Crippen MR) is 150 cm³/mol. The van der Waals surface area contributed by atoms with Gasteiger partial charge in [0.15, 0.2) is 0 Å². The molecular formula is C34H27F9O2. The van der Waals surface area contributed by atoms with Crippen molar-refractivity contribution in [3.63, 3.8) is 0 Å². The zero-order valence-corrected chi connectivity index (χ0v) is 23.8. The van der Waals surface area contributed by atoms with Gasteiger partial charge in [0.2, 0.25) is 0 Å². The molecule has 5 rings (SSSR count). The highest BCUT2D eigenvalue weighted by Gasteiger charge is 2.50. The number of hydrogen-bond donors (Lipinski definition) is 0. The fourth-order valence-electron chi connectivity index (χ4n) is 5.54. The molecule has 11 heteroatoms. The van der Waals surface area contributed by atoms with E-state index in [2.05, 4.69) is 40.7 Å². The predicted octanol–water partition coefficient (Wildman–Crippen LogP) is 11.3. The van der Waals surface area contributed by atoms with Crippen LogP contribution in [0.1, 0.15) is 55.2 Å². The smallest absolute Gasteiger partial charge is 0.429 e. The summed E-state index contributed by atoms with van der Waals surface area (Å²) in [5, 5.41) is 0. The molecule has 0 spiro atoms. The van der Waals surface area contributed by atoms with E-state index in [1.54, 1.807) is 0 Å². The van der Waals surface area contributed by atoms with Gasteiger partial charge in [0.05, 0.1) is 5.56 Å². The van der Waals surface area contributed by atoms with Gasteiger partial charge in [-0.2, -0.15) is 17.6 Å². The Morgan fingerprint density at radius 1 is 0.578 bits per heavy atom. The molecule has 0 N–H and O–H groups in total. The minimum Gasteiger partial charge on any atom is -0.429 e. The van der Waals surface area contributed by atoms with Crippen LogP contribution in [0.3, 0.4) is 0 Å². The van der Waals surface area contributed by atoms with Crippen LogP contribution in [0.4, 0.5) is 39.5 Å². The molecule has 1 fully saturated rings. The van der Waals surface area contributed by atoms with Crippen LogP contribution in [-0.4, -0.2) is 6.36 Å². The van der Waals surface area contributed by atoms with Crippen molar-refractivity contribution < 1.29 is 49.0 Å². The second kappa shape index (κ2) is 12.4. The van der Waals surface area contributed by atoms with Gasteiger partial charge in [0.1, 0.15) is 22.9 Å². The lowest BCUT2D eigenvalue weighted by Crippen LogP contribution is -2.30. The Morgan fingerprint density at radius 3 is 1.44 bits per heavy atom. The van der Waals surface area contributed by atoms with Crippen molar-refractivity contribution in [2.45, 2.75) is 57.1 Å². The topological polar surface area (TPSA) is 18.5 Å². The average Bonchev–Trinajstić information content (AvgIpc) is 2.96. The standard InChI is InChI=1S/C34H27F9O2/c1-20-2-4-21(5-3-20)22-6-8-23(9-7-22)24-10-12-25(13-11-24)26-14-16-27(17-15-26)32(37,38)44-28-18-29(35)31(30(36)19-28)33(39,40)45-34(41,42)43/h6-21H,2-5H2,1H3. The molecule has 0 amide bonds. The van der Waals surface area contributed by atoms with E-state index in [0.29, 0.717) is 11.5 Å². The second-order valence-electron chi connectivity index (χ2n) is 11.2. The third-order valence-corrected chi connectivity index (χ3v) is 7.97. The van der Waals surface area contributed by atoms with Crippen molar-refractivity contribution >= 4 is 0 Å². The summed E-state index contributed by atoms with van der Waals surface area (Å²) in [7, 11) is 0. The van der Waals surface area contributed by atoms with Crippen molar-refractivity contribution in [1.82, 2.24) is 0 Å². The lowest BCUT2D eigenvalue weighted by atomic mass is 9.79. The highest BCUT2D eigenvalue weighted by molar-refractivity contribution is 5.70. The highest BCUT2D eigenvalue weighted by atomic mass is 19.4. The first-order valence-corrected chi connectivity index (χ1v) is 14.1. The Kier molecular flexibility index (Phi) is 8.95. The molecule has 4 aromatic rings. The first-order chi connectivity index (χ1) is 21.1. The molecule has 45 heavy (non-hydrogen) atoms.